The van der Waals surface area contributed by atoms with E-state index in [4.69, 9.17) is 29.9 Å². The molecule has 27 aromatic rings. The molecule has 0 fully saturated rings. The molecule has 0 unspecified atom stereocenters. The highest BCUT2D eigenvalue weighted by molar-refractivity contribution is 6.32. The quantitative estimate of drug-likeness (QED) is 0.143. The second kappa shape index (κ2) is 30.8. The molecule has 0 bridgehead atoms. The summed E-state index contributed by atoms with van der Waals surface area (Å²) in [5.74, 6) is 2.49. The average molecular weight is 1640 g/mol. The van der Waals surface area contributed by atoms with E-state index in [2.05, 4.69) is 408 Å². The van der Waals surface area contributed by atoms with E-state index in [1.54, 1.807) is 0 Å². The Morgan fingerprint density at radius 2 is 0.326 bits per heavy atom. The van der Waals surface area contributed by atoms with E-state index < -0.39 is 0 Å². The molecule has 0 spiro atoms. The van der Waals surface area contributed by atoms with Crippen LogP contribution in [-0.2, 0) is 0 Å². The lowest BCUT2D eigenvalue weighted by molar-refractivity contribution is 1.08. The fraction of sp³-hybridized carbons (Fsp3) is 0. The van der Waals surface area contributed by atoms with Crippen molar-refractivity contribution < 1.29 is 0 Å². The fourth-order valence-electron chi connectivity index (χ4n) is 19.8. The Labute approximate surface area is 741 Å². The lowest BCUT2D eigenvalue weighted by atomic mass is 9.98. The topological polar surface area (TPSA) is 92.1 Å². The molecule has 0 atom stereocenters. The van der Waals surface area contributed by atoms with E-state index in [1.807, 2.05) is 60.7 Å². The Balaban J connectivity index is 0.000000106. The maximum Gasteiger partial charge on any atom is 0.165 e. The highest BCUT2D eigenvalue weighted by Gasteiger charge is 2.27. The number of hydrogen-bond acceptors (Lipinski definition) is 6. The molecule has 0 saturated carbocycles. The first-order chi connectivity index (χ1) is 64.0. The molecule has 600 valence electrons. The molecule has 0 aliphatic heterocycles. The summed E-state index contributed by atoms with van der Waals surface area (Å²) in [6.07, 6.45) is 0. The minimum Gasteiger partial charge on any atom is -0.292 e. The Morgan fingerprint density at radius 3 is 0.605 bits per heavy atom. The molecule has 0 N–H and O–H groups in total. The standard InChI is InChI=1S/C46H29N3.C40H25N3.C34H21N3/c1-2-11-30(12-3-1)31-21-23-32(24-22-31)35-15-10-16-36(29-35)45-46(48-40-20-9-8-19-39(40)47-45)49-41-27-25-33-13-4-6-17-37(33)43(41)44-38-18-7-5-14-34(38)26-28-42(44)49;1-2-11-26(12-3-1)29-15-10-16-30(25-29)39-40(42-34-20-9-8-19-33(34)41-39)43-35-23-21-27-13-4-6-17-31(27)37(35)38-32-18-7-5-14-28(32)22-24-36(38)43;1-2-12-24(13-3-1)33-34(36-28-17-9-8-16-27(28)35-33)37-29-20-18-22-10-4-6-14-25(22)31(29)32-26-15-7-5-11-23(26)19-21-30(32)37/h1-29H;1-25H;1-21H. The number of benzene rings is 21. The van der Waals surface area contributed by atoms with E-state index in [1.165, 1.54) is 114 Å². The summed E-state index contributed by atoms with van der Waals surface area (Å²) in [7, 11) is 0. The summed E-state index contributed by atoms with van der Waals surface area (Å²) in [6, 6.07) is 161. The summed E-state index contributed by atoms with van der Waals surface area (Å²) in [6.45, 7) is 0. The van der Waals surface area contributed by atoms with Crippen molar-refractivity contribution in [1.82, 2.24) is 43.6 Å². The Morgan fingerprint density at radius 1 is 0.132 bits per heavy atom. The maximum atomic E-state index is 5.40. The third-order valence-electron chi connectivity index (χ3n) is 25.7. The molecule has 21 aromatic carbocycles. The molecule has 0 amide bonds. The Hall–Kier alpha value is -17.4. The molecule has 27 rings (SSSR count). The number of aromatic nitrogens is 9. The van der Waals surface area contributed by atoms with Crippen molar-refractivity contribution >= 4 is 163 Å². The average Bonchev–Trinajstić information content (AvgIpc) is 1.56. The van der Waals surface area contributed by atoms with Gasteiger partial charge in [-0.25, -0.2) is 29.9 Å². The smallest absolute Gasteiger partial charge is 0.165 e. The van der Waals surface area contributed by atoms with Crippen molar-refractivity contribution in [2.45, 2.75) is 0 Å². The fourth-order valence-corrected chi connectivity index (χ4v) is 19.8. The maximum absolute atomic E-state index is 5.40. The highest BCUT2D eigenvalue weighted by atomic mass is 15.1. The van der Waals surface area contributed by atoms with Crippen LogP contribution in [0.3, 0.4) is 0 Å². The number of nitrogens with zero attached hydrogens (tertiary/aromatic N) is 9. The number of rotatable bonds is 9. The minimum absolute atomic E-state index is 0.820. The molecule has 9 heteroatoms. The Bertz CT molecular complexity index is 8920. The lowest BCUT2D eigenvalue weighted by Crippen LogP contribution is -2.03. The molecule has 0 radical (unpaired) electrons. The van der Waals surface area contributed by atoms with Gasteiger partial charge >= 0.3 is 0 Å². The van der Waals surface area contributed by atoms with Crippen molar-refractivity contribution in [3.05, 3.63) is 455 Å². The van der Waals surface area contributed by atoms with Crippen molar-refractivity contribution in [2.24, 2.45) is 0 Å². The number of hydrogen-bond donors (Lipinski definition) is 0. The van der Waals surface area contributed by atoms with E-state index in [0.29, 0.717) is 0 Å². The molecule has 6 aromatic heterocycles. The zero-order valence-corrected chi connectivity index (χ0v) is 69.8. The number of fused-ring (bicyclic) bond motifs is 24. The van der Waals surface area contributed by atoms with E-state index in [9.17, 15) is 0 Å². The molecular formula is C120H75N9. The van der Waals surface area contributed by atoms with Crippen LogP contribution < -0.4 is 0 Å². The van der Waals surface area contributed by atoms with Gasteiger partial charge in [0.25, 0.3) is 0 Å². The van der Waals surface area contributed by atoms with Crippen LogP contribution in [0, 0.1) is 0 Å². The van der Waals surface area contributed by atoms with Crippen molar-refractivity contribution in [1.29, 1.82) is 0 Å². The minimum atomic E-state index is 0.820. The number of para-hydroxylation sites is 6. The van der Waals surface area contributed by atoms with Gasteiger partial charge < -0.3 is 0 Å². The van der Waals surface area contributed by atoms with Gasteiger partial charge in [0.1, 0.15) is 17.1 Å². The van der Waals surface area contributed by atoms with Crippen LogP contribution in [-0.4, -0.2) is 43.6 Å². The SMILES string of the molecule is c1ccc(-c2ccc(-c3cccc(-c4nc5ccccc5nc4-n4c5ccc6ccccc6c5c5c6ccccc6ccc54)c3)cc2)cc1.c1ccc(-c2cccc(-c3nc4ccccc4nc3-n3c4ccc5ccccc5c4c4c5ccccc5ccc43)c2)cc1.c1ccc(-c2nc3ccccc3nc2-n2c3ccc4ccccc4c3c3c4ccccc4ccc32)cc1. The third-order valence-corrected chi connectivity index (χ3v) is 25.7. The summed E-state index contributed by atoms with van der Waals surface area (Å²) in [5.41, 5.74) is 24.7. The molecule has 129 heavy (non-hydrogen) atoms. The van der Waals surface area contributed by atoms with Crippen molar-refractivity contribution in [2.75, 3.05) is 0 Å². The van der Waals surface area contributed by atoms with Gasteiger partial charge in [-0.2, -0.15) is 0 Å². The van der Waals surface area contributed by atoms with Crippen LogP contribution in [0.4, 0.5) is 0 Å². The van der Waals surface area contributed by atoms with Gasteiger partial charge in [-0.1, -0.05) is 370 Å². The van der Waals surface area contributed by atoms with Crippen molar-refractivity contribution in [3.8, 4) is 84.6 Å². The molecule has 9 nitrogen and oxygen atoms in total. The van der Waals surface area contributed by atoms with E-state index >= 15 is 0 Å². The second-order valence-corrected chi connectivity index (χ2v) is 33.1. The van der Waals surface area contributed by atoms with Gasteiger partial charge in [0, 0.05) is 49.0 Å². The first kappa shape index (κ1) is 74.2. The molecule has 0 aliphatic carbocycles. The van der Waals surface area contributed by atoms with Crippen LogP contribution in [0.5, 0.6) is 0 Å². The highest BCUT2D eigenvalue weighted by Crippen LogP contribution is 2.48. The normalized spacial score (nSPS) is 11.7. The Kier molecular flexibility index (Phi) is 17.7. The third kappa shape index (κ3) is 12.6. The van der Waals surface area contributed by atoms with Crippen LogP contribution in [0.15, 0.2) is 455 Å². The summed E-state index contributed by atoms with van der Waals surface area (Å²) >= 11 is 0. The van der Waals surface area contributed by atoms with Crippen molar-refractivity contribution in [3.63, 3.8) is 0 Å². The summed E-state index contributed by atoms with van der Waals surface area (Å²) in [4.78, 5) is 31.8. The first-order valence-corrected chi connectivity index (χ1v) is 43.8. The van der Waals surface area contributed by atoms with Crippen LogP contribution in [0.1, 0.15) is 0 Å². The second-order valence-electron chi connectivity index (χ2n) is 33.1. The summed E-state index contributed by atoms with van der Waals surface area (Å²) in [5, 5.41) is 22.2. The van der Waals surface area contributed by atoms with Gasteiger partial charge in [-0.15, -0.1) is 0 Å². The van der Waals surface area contributed by atoms with Gasteiger partial charge in [-0.05, 0) is 183 Å². The lowest BCUT2D eigenvalue weighted by Gasteiger charge is -2.15. The predicted molar refractivity (Wildman–Crippen MR) is 539 cm³/mol. The van der Waals surface area contributed by atoms with Crippen LogP contribution in [0.2, 0.25) is 0 Å². The van der Waals surface area contributed by atoms with Crippen LogP contribution in [0.25, 0.3) is 248 Å². The zero-order chi connectivity index (χ0) is 85.0. The summed E-state index contributed by atoms with van der Waals surface area (Å²) < 4.78 is 6.97. The van der Waals surface area contributed by atoms with Gasteiger partial charge in [-0.3, -0.25) is 13.7 Å². The van der Waals surface area contributed by atoms with Crippen LogP contribution >= 0.6 is 0 Å². The molecule has 6 heterocycles. The predicted octanol–water partition coefficient (Wildman–Crippen LogP) is 31.1. The van der Waals surface area contributed by atoms with Gasteiger partial charge in [0.15, 0.2) is 17.5 Å². The molecule has 0 saturated heterocycles. The molecular weight excluding hydrogens is 1570 g/mol. The van der Waals surface area contributed by atoms with E-state index in [-0.39, 0.29) is 0 Å². The zero-order valence-electron chi connectivity index (χ0n) is 69.8. The molecule has 0 aliphatic rings. The largest absolute Gasteiger partial charge is 0.292 e. The van der Waals surface area contributed by atoms with E-state index in [0.717, 1.165) is 134 Å². The van der Waals surface area contributed by atoms with Gasteiger partial charge in [0.2, 0.25) is 0 Å². The van der Waals surface area contributed by atoms with Gasteiger partial charge in [0.05, 0.1) is 66.2 Å². The first-order valence-electron chi connectivity index (χ1n) is 43.8. The monoisotopic (exact) mass is 1640 g/mol.